The number of rotatable bonds is 7. The van der Waals surface area contributed by atoms with Crippen molar-refractivity contribution in [2.24, 2.45) is 0 Å². The van der Waals surface area contributed by atoms with Crippen LogP contribution in [0.15, 0.2) is 78.9 Å². The fourth-order valence-corrected chi connectivity index (χ4v) is 3.12. The van der Waals surface area contributed by atoms with E-state index in [1.54, 1.807) is 24.3 Å². The van der Waals surface area contributed by atoms with Crippen LogP contribution in [0.4, 0.5) is 5.69 Å². The first kappa shape index (κ1) is 19.5. The number of para-hydroxylation sites is 1. The Balaban J connectivity index is 1.74. The number of anilines is 1. The molecule has 0 aromatic heterocycles. The average Bonchev–Trinajstić information content (AvgIpc) is 2.70. The van der Waals surface area contributed by atoms with Crippen LogP contribution in [0.2, 0.25) is 0 Å². The first-order valence-corrected chi connectivity index (χ1v) is 9.29. The number of ketones is 1. The van der Waals surface area contributed by atoms with Gasteiger partial charge in [0.25, 0.3) is 0 Å². The lowest BCUT2D eigenvalue weighted by molar-refractivity contribution is -0.115. The zero-order valence-electron chi connectivity index (χ0n) is 16.1. The van der Waals surface area contributed by atoms with Crippen LogP contribution in [0.1, 0.15) is 40.0 Å². The highest BCUT2D eigenvalue weighted by atomic mass is 16.2. The first-order chi connectivity index (χ1) is 13.5. The van der Waals surface area contributed by atoms with E-state index >= 15 is 0 Å². The summed E-state index contributed by atoms with van der Waals surface area (Å²) >= 11 is 0. The van der Waals surface area contributed by atoms with Crippen LogP contribution in [0.25, 0.3) is 0 Å². The van der Waals surface area contributed by atoms with Crippen LogP contribution >= 0.6 is 0 Å². The Kier molecular flexibility index (Phi) is 6.35. The van der Waals surface area contributed by atoms with Crippen molar-refractivity contribution in [3.8, 4) is 0 Å². The Morgan fingerprint density at radius 3 is 2.11 bits per heavy atom. The molecule has 0 aliphatic carbocycles. The smallest absolute Gasteiger partial charge is 0.238 e. The summed E-state index contributed by atoms with van der Waals surface area (Å²) in [6.45, 7) is 3.67. The van der Waals surface area contributed by atoms with Crippen molar-refractivity contribution in [3.05, 3.63) is 101 Å². The molecule has 0 radical (unpaired) electrons. The van der Waals surface area contributed by atoms with Crippen LogP contribution in [0.3, 0.4) is 0 Å². The van der Waals surface area contributed by atoms with Crippen molar-refractivity contribution < 1.29 is 9.59 Å². The van der Waals surface area contributed by atoms with E-state index < -0.39 is 0 Å². The van der Waals surface area contributed by atoms with Crippen LogP contribution in [0.5, 0.6) is 0 Å². The standard InChI is InChI=1S/C24H24N2O2/c1-17-12-14-20(15-13-17)24(19-8-4-3-5-9-19)25-16-23(28)26-22-11-7-6-10-21(22)18(2)27/h3-15,24-25H,16H2,1-2H3,(H,26,28)/t24-/m0/s1. The van der Waals surface area contributed by atoms with Gasteiger partial charge in [0.2, 0.25) is 5.91 Å². The predicted molar refractivity (Wildman–Crippen MR) is 113 cm³/mol. The summed E-state index contributed by atoms with van der Waals surface area (Å²) in [4.78, 5) is 24.3. The fourth-order valence-electron chi connectivity index (χ4n) is 3.12. The van der Waals surface area contributed by atoms with Crippen LogP contribution in [-0.4, -0.2) is 18.2 Å². The minimum absolute atomic E-state index is 0.0781. The maximum absolute atomic E-state index is 12.5. The minimum atomic E-state index is -0.193. The number of hydrogen-bond donors (Lipinski definition) is 2. The van der Waals surface area contributed by atoms with Crippen molar-refractivity contribution in [2.75, 3.05) is 11.9 Å². The van der Waals surface area contributed by atoms with Gasteiger partial charge in [0.15, 0.2) is 5.78 Å². The maximum atomic E-state index is 12.5. The Morgan fingerprint density at radius 1 is 0.821 bits per heavy atom. The molecule has 142 valence electrons. The molecule has 0 spiro atoms. The lowest BCUT2D eigenvalue weighted by atomic mass is 9.98. The molecule has 1 amide bonds. The SMILES string of the molecule is CC(=O)c1ccccc1NC(=O)CN[C@@H](c1ccccc1)c1ccc(C)cc1. The van der Waals surface area contributed by atoms with E-state index in [1.165, 1.54) is 12.5 Å². The number of nitrogens with one attached hydrogen (secondary N) is 2. The van der Waals surface area contributed by atoms with Gasteiger partial charge in [0, 0.05) is 5.56 Å². The third-order valence-electron chi connectivity index (χ3n) is 4.59. The Hall–Kier alpha value is -3.24. The van der Waals surface area contributed by atoms with E-state index in [4.69, 9.17) is 0 Å². The quantitative estimate of drug-likeness (QED) is 0.600. The van der Waals surface area contributed by atoms with Crippen LogP contribution in [0, 0.1) is 6.92 Å². The van der Waals surface area contributed by atoms with E-state index in [0.717, 1.165) is 11.1 Å². The normalized spacial score (nSPS) is 11.6. The van der Waals surface area contributed by atoms with Gasteiger partial charge in [0.1, 0.15) is 0 Å². The number of amides is 1. The number of carbonyl (C=O) groups excluding carboxylic acids is 2. The van der Waals surface area contributed by atoms with Crippen molar-refractivity contribution in [1.82, 2.24) is 5.32 Å². The van der Waals surface area contributed by atoms with E-state index in [9.17, 15) is 9.59 Å². The highest BCUT2D eigenvalue weighted by Gasteiger charge is 2.16. The van der Waals surface area contributed by atoms with Gasteiger partial charge in [-0.15, -0.1) is 0 Å². The molecule has 0 unspecified atom stereocenters. The molecular formula is C24H24N2O2. The Morgan fingerprint density at radius 2 is 1.43 bits per heavy atom. The fraction of sp³-hybridized carbons (Fsp3) is 0.167. The predicted octanol–water partition coefficient (Wildman–Crippen LogP) is 4.52. The van der Waals surface area contributed by atoms with E-state index in [0.29, 0.717) is 11.3 Å². The molecule has 2 N–H and O–H groups in total. The summed E-state index contributed by atoms with van der Waals surface area (Å²) in [7, 11) is 0. The molecule has 0 aliphatic heterocycles. The van der Waals surface area contributed by atoms with Crippen molar-refractivity contribution in [1.29, 1.82) is 0 Å². The molecule has 0 saturated heterocycles. The highest BCUT2D eigenvalue weighted by Crippen LogP contribution is 2.22. The molecule has 1 atom stereocenters. The van der Waals surface area contributed by atoms with Gasteiger partial charge in [-0.2, -0.15) is 0 Å². The number of benzene rings is 3. The largest absolute Gasteiger partial charge is 0.324 e. The molecule has 28 heavy (non-hydrogen) atoms. The van der Waals surface area contributed by atoms with Crippen LogP contribution < -0.4 is 10.6 Å². The summed E-state index contributed by atoms with van der Waals surface area (Å²) in [5.41, 5.74) is 4.41. The molecule has 0 fully saturated rings. The monoisotopic (exact) mass is 372 g/mol. The molecule has 4 nitrogen and oxygen atoms in total. The second-order valence-electron chi connectivity index (χ2n) is 6.79. The van der Waals surface area contributed by atoms with E-state index in [-0.39, 0.29) is 24.3 Å². The number of hydrogen-bond acceptors (Lipinski definition) is 3. The molecule has 0 aliphatic rings. The van der Waals surface area contributed by atoms with E-state index in [1.807, 2.05) is 30.3 Å². The molecule has 0 saturated carbocycles. The zero-order chi connectivity index (χ0) is 19.9. The Labute approximate surface area is 165 Å². The maximum Gasteiger partial charge on any atom is 0.238 e. The highest BCUT2D eigenvalue weighted by molar-refractivity contribution is 6.04. The van der Waals surface area contributed by atoms with Crippen LogP contribution in [-0.2, 0) is 4.79 Å². The lowest BCUT2D eigenvalue weighted by Crippen LogP contribution is -2.32. The summed E-state index contributed by atoms with van der Waals surface area (Å²) in [5.74, 6) is -0.271. The molecule has 0 bridgehead atoms. The summed E-state index contributed by atoms with van der Waals surface area (Å²) < 4.78 is 0. The third-order valence-corrected chi connectivity index (χ3v) is 4.59. The summed E-state index contributed by atoms with van der Waals surface area (Å²) in [6, 6.07) is 25.2. The minimum Gasteiger partial charge on any atom is -0.324 e. The van der Waals surface area contributed by atoms with Gasteiger partial charge in [-0.1, -0.05) is 72.3 Å². The molecule has 0 heterocycles. The summed E-state index contributed by atoms with van der Waals surface area (Å²) in [5, 5.41) is 6.18. The molecular weight excluding hydrogens is 348 g/mol. The molecule has 3 aromatic rings. The topological polar surface area (TPSA) is 58.2 Å². The first-order valence-electron chi connectivity index (χ1n) is 9.29. The average molecular weight is 372 g/mol. The summed E-state index contributed by atoms with van der Waals surface area (Å²) in [6.07, 6.45) is 0. The van der Waals surface area contributed by atoms with Gasteiger partial charge >= 0.3 is 0 Å². The number of carbonyl (C=O) groups is 2. The van der Waals surface area contributed by atoms with Crippen molar-refractivity contribution >= 4 is 17.4 Å². The number of aryl methyl sites for hydroxylation is 1. The van der Waals surface area contributed by atoms with Gasteiger partial charge in [0.05, 0.1) is 18.3 Å². The second-order valence-corrected chi connectivity index (χ2v) is 6.79. The van der Waals surface area contributed by atoms with E-state index in [2.05, 4.69) is 41.8 Å². The van der Waals surface area contributed by atoms with Gasteiger partial charge in [-0.05, 0) is 37.1 Å². The van der Waals surface area contributed by atoms with Gasteiger partial charge in [-0.3, -0.25) is 14.9 Å². The van der Waals surface area contributed by atoms with Crippen molar-refractivity contribution in [3.63, 3.8) is 0 Å². The zero-order valence-corrected chi connectivity index (χ0v) is 16.1. The third kappa shape index (κ3) is 4.93. The second kappa shape index (κ2) is 9.11. The molecule has 3 rings (SSSR count). The lowest BCUT2D eigenvalue weighted by Gasteiger charge is -2.20. The van der Waals surface area contributed by atoms with Gasteiger partial charge in [-0.25, -0.2) is 0 Å². The Bertz CT molecular complexity index is 950. The van der Waals surface area contributed by atoms with Gasteiger partial charge < -0.3 is 5.32 Å². The number of Topliss-reactive ketones (excluding diaryl/α,β-unsaturated/α-hetero) is 1. The van der Waals surface area contributed by atoms with Crippen molar-refractivity contribution in [2.45, 2.75) is 19.9 Å². The molecule has 3 aromatic carbocycles. The molecule has 4 heteroatoms.